The minimum absolute atomic E-state index is 0.00107. The second-order valence-corrected chi connectivity index (χ2v) is 6.25. The quantitative estimate of drug-likeness (QED) is 0.616. The Morgan fingerprint density at radius 2 is 1.61 bits per heavy atom. The van der Waals surface area contributed by atoms with E-state index in [4.69, 9.17) is 9.47 Å². The number of benzene rings is 2. The zero-order valence-electron chi connectivity index (χ0n) is 15.9. The van der Waals surface area contributed by atoms with Crippen molar-refractivity contribution in [1.82, 2.24) is 14.7 Å². The predicted octanol–water partition coefficient (Wildman–Crippen LogP) is 2.87. The lowest BCUT2D eigenvalue weighted by atomic mass is 10.1. The minimum Gasteiger partial charge on any atom is -0.493 e. The van der Waals surface area contributed by atoms with Crippen LogP contribution in [0.15, 0.2) is 66.9 Å². The van der Waals surface area contributed by atoms with Crippen LogP contribution in [0.3, 0.4) is 0 Å². The van der Waals surface area contributed by atoms with Gasteiger partial charge in [-0.3, -0.25) is 4.79 Å². The normalized spacial score (nSPS) is 11.5. The molecule has 7 heteroatoms. The maximum Gasteiger partial charge on any atom is 0.363 e. The standard InChI is InChI=1S/C21H21N3O4/c1-23(2)20(25)19(15-10-6-4-7-11-15)28-21(26)18-17(27-3)14-24(22-18)16-12-8-5-9-13-16/h4-14,19H,1-3H3. The number of likely N-dealkylation sites (N-methyl/N-ethyl adjacent to an activating group) is 1. The van der Waals surface area contributed by atoms with Crippen molar-refractivity contribution in [3.05, 3.63) is 78.1 Å². The highest BCUT2D eigenvalue weighted by Crippen LogP contribution is 2.25. The summed E-state index contributed by atoms with van der Waals surface area (Å²) in [4.78, 5) is 26.8. The van der Waals surface area contributed by atoms with Crippen molar-refractivity contribution in [3.63, 3.8) is 0 Å². The topological polar surface area (TPSA) is 73.7 Å². The van der Waals surface area contributed by atoms with Crippen molar-refractivity contribution >= 4 is 11.9 Å². The van der Waals surface area contributed by atoms with Crippen LogP contribution in [0.25, 0.3) is 5.69 Å². The zero-order chi connectivity index (χ0) is 20.1. The van der Waals surface area contributed by atoms with E-state index in [1.165, 1.54) is 16.7 Å². The number of esters is 1. The van der Waals surface area contributed by atoms with E-state index in [-0.39, 0.29) is 17.4 Å². The lowest BCUT2D eigenvalue weighted by molar-refractivity contribution is -0.138. The maximum absolute atomic E-state index is 12.8. The highest BCUT2D eigenvalue weighted by molar-refractivity contribution is 5.93. The zero-order valence-corrected chi connectivity index (χ0v) is 15.9. The highest BCUT2D eigenvalue weighted by atomic mass is 16.6. The van der Waals surface area contributed by atoms with Gasteiger partial charge in [-0.1, -0.05) is 48.5 Å². The molecule has 7 nitrogen and oxygen atoms in total. The molecule has 1 amide bonds. The molecule has 0 saturated carbocycles. The first-order valence-corrected chi connectivity index (χ1v) is 8.67. The average molecular weight is 379 g/mol. The number of para-hydroxylation sites is 1. The van der Waals surface area contributed by atoms with Gasteiger partial charge >= 0.3 is 5.97 Å². The number of hydrogen-bond donors (Lipinski definition) is 0. The second kappa shape index (κ2) is 8.39. The molecular formula is C21H21N3O4. The Kier molecular flexibility index (Phi) is 5.74. The third kappa shape index (κ3) is 4.03. The van der Waals surface area contributed by atoms with Gasteiger partial charge in [0.15, 0.2) is 5.75 Å². The van der Waals surface area contributed by atoms with E-state index in [1.54, 1.807) is 44.6 Å². The lowest BCUT2D eigenvalue weighted by Crippen LogP contribution is -2.31. The molecule has 1 atom stereocenters. The molecule has 144 valence electrons. The van der Waals surface area contributed by atoms with Crippen LogP contribution in [0, 0.1) is 0 Å². The van der Waals surface area contributed by atoms with Crippen LogP contribution < -0.4 is 4.74 Å². The first kappa shape index (κ1) is 19.2. The number of aromatic nitrogens is 2. The van der Waals surface area contributed by atoms with Crippen LogP contribution in [0.2, 0.25) is 0 Å². The van der Waals surface area contributed by atoms with E-state index in [0.29, 0.717) is 5.56 Å². The molecule has 0 spiro atoms. The fourth-order valence-corrected chi connectivity index (χ4v) is 2.65. The van der Waals surface area contributed by atoms with Crippen molar-refractivity contribution in [2.24, 2.45) is 0 Å². The highest BCUT2D eigenvalue weighted by Gasteiger charge is 2.29. The molecule has 1 unspecified atom stereocenters. The summed E-state index contributed by atoms with van der Waals surface area (Å²) in [6.07, 6.45) is 0.521. The molecular weight excluding hydrogens is 358 g/mol. The van der Waals surface area contributed by atoms with Crippen LogP contribution in [-0.4, -0.2) is 47.8 Å². The summed E-state index contributed by atoms with van der Waals surface area (Å²) in [6.45, 7) is 0. The lowest BCUT2D eigenvalue weighted by Gasteiger charge is -2.20. The molecule has 1 aromatic heterocycles. The van der Waals surface area contributed by atoms with Gasteiger partial charge < -0.3 is 14.4 Å². The van der Waals surface area contributed by atoms with Gasteiger partial charge in [-0.15, -0.1) is 0 Å². The molecule has 0 aliphatic rings. The third-order valence-corrected chi connectivity index (χ3v) is 4.11. The number of carbonyl (C=O) groups is 2. The van der Waals surface area contributed by atoms with Crippen LogP contribution in [0.5, 0.6) is 5.75 Å². The van der Waals surface area contributed by atoms with Crippen LogP contribution in [0.1, 0.15) is 22.2 Å². The van der Waals surface area contributed by atoms with Crippen molar-refractivity contribution in [2.45, 2.75) is 6.10 Å². The summed E-state index contributed by atoms with van der Waals surface area (Å²) < 4.78 is 12.4. The molecule has 1 heterocycles. The molecule has 0 N–H and O–H groups in total. The molecule has 0 fully saturated rings. The Balaban J connectivity index is 1.92. The van der Waals surface area contributed by atoms with E-state index in [2.05, 4.69) is 5.10 Å². The third-order valence-electron chi connectivity index (χ3n) is 4.11. The monoisotopic (exact) mass is 379 g/mol. The average Bonchev–Trinajstić information content (AvgIpc) is 3.17. The second-order valence-electron chi connectivity index (χ2n) is 6.25. The van der Waals surface area contributed by atoms with E-state index < -0.39 is 12.1 Å². The van der Waals surface area contributed by atoms with Crippen molar-refractivity contribution < 1.29 is 19.1 Å². The predicted molar refractivity (Wildman–Crippen MR) is 103 cm³/mol. The molecule has 0 aliphatic carbocycles. The molecule has 2 aromatic carbocycles. The molecule has 3 aromatic rings. The number of nitrogens with zero attached hydrogens (tertiary/aromatic N) is 3. The first-order chi connectivity index (χ1) is 13.5. The van der Waals surface area contributed by atoms with Crippen molar-refractivity contribution in [1.29, 1.82) is 0 Å². The van der Waals surface area contributed by atoms with Gasteiger partial charge in [0, 0.05) is 19.7 Å². The van der Waals surface area contributed by atoms with Crippen molar-refractivity contribution in [3.8, 4) is 11.4 Å². The van der Waals surface area contributed by atoms with E-state index in [1.807, 2.05) is 36.4 Å². The number of ether oxygens (including phenoxy) is 2. The van der Waals surface area contributed by atoms with Crippen molar-refractivity contribution in [2.75, 3.05) is 21.2 Å². The molecule has 0 radical (unpaired) electrons. The number of rotatable bonds is 6. The number of methoxy groups -OCH3 is 1. The number of hydrogen-bond acceptors (Lipinski definition) is 5. The van der Waals surface area contributed by atoms with E-state index in [0.717, 1.165) is 5.69 Å². The van der Waals surface area contributed by atoms with Gasteiger partial charge in [0.05, 0.1) is 19.0 Å². The molecule has 3 rings (SSSR count). The summed E-state index contributed by atoms with van der Waals surface area (Å²) in [7, 11) is 4.66. The summed E-state index contributed by atoms with van der Waals surface area (Å²) in [5.41, 5.74) is 1.35. The summed E-state index contributed by atoms with van der Waals surface area (Å²) in [6, 6.07) is 18.2. The Morgan fingerprint density at radius 1 is 1.00 bits per heavy atom. The molecule has 0 bridgehead atoms. The fraction of sp³-hybridized carbons (Fsp3) is 0.190. The van der Waals surface area contributed by atoms with Gasteiger partial charge in [0.25, 0.3) is 5.91 Å². The number of carbonyl (C=O) groups excluding carboxylic acids is 2. The molecule has 28 heavy (non-hydrogen) atoms. The summed E-state index contributed by atoms with van der Waals surface area (Å²) in [5.74, 6) is -0.824. The molecule has 0 saturated heterocycles. The summed E-state index contributed by atoms with van der Waals surface area (Å²) >= 11 is 0. The van der Waals surface area contributed by atoms with Gasteiger partial charge in [0.1, 0.15) is 0 Å². The SMILES string of the molecule is COc1cn(-c2ccccc2)nc1C(=O)OC(C(=O)N(C)C)c1ccccc1. The smallest absolute Gasteiger partial charge is 0.363 e. The van der Waals surface area contributed by atoms with Gasteiger partial charge in [-0.05, 0) is 12.1 Å². The van der Waals surface area contributed by atoms with E-state index >= 15 is 0 Å². The minimum atomic E-state index is -1.07. The Labute approximate surface area is 163 Å². The van der Waals surface area contributed by atoms with Gasteiger partial charge in [-0.2, -0.15) is 5.10 Å². The summed E-state index contributed by atoms with van der Waals surface area (Å²) in [5, 5.41) is 4.29. The molecule has 0 aliphatic heterocycles. The Bertz CT molecular complexity index is 952. The number of amides is 1. The van der Waals surface area contributed by atoms with Gasteiger partial charge in [0.2, 0.25) is 11.8 Å². The van der Waals surface area contributed by atoms with Gasteiger partial charge in [-0.25, -0.2) is 9.48 Å². The van der Waals surface area contributed by atoms with E-state index in [9.17, 15) is 9.59 Å². The Morgan fingerprint density at radius 3 is 2.18 bits per heavy atom. The first-order valence-electron chi connectivity index (χ1n) is 8.67. The fourth-order valence-electron chi connectivity index (χ4n) is 2.65. The van der Waals surface area contributed by atoms with Crippen LogP contribution >= 0.6 is 0 Å². The maximum atomic E-state index is 12.8. The van der Waals surface area contributed by atoms with Crippen LogP contribution in [-0.2, 0) is 9.53 Å². The van der Waals surface area contributed by atoms with Crippen LogP contribution in [0.4, 0.5) is 0 Å². The largest absolute Gasteiger partial charge is 0.493 e. The Hall–Kier alpha value is -3.61.